The van der Waals surface area contributed by atoms with E-state index >= 15 is 0 Å². The number of rotatable bonds is 11. The Bertz CT molecular complexity index is 974. The number of methoxy groups -OCH3 is 2. The van der Waals surface area contributed by atoms with Crippen LogP contribution in [0.25, 0.3) is 0 Å². The molecule has 0 saturated heterocycles. The van der Waals surface area contributed by atoms with Crippen LogP contribution >= 0.6 is 0 Å². The van der Waals surface area contributed by atoms with E-state index in [-0.39, 0.29) is 29.4 Å². The second kappa shape index (κ2) is 11.0. The van der Waals surface area contributed by atoms with Crippen molar-refractivity contribution in [3.63, 3.8) is 0 Å². The minimum absolute atomic E-state index is 0.145. The summed E-state index contributed by atoms with van der Waals surface area (Å²) in [6.45, 7) is 5.87. The fourth-order valence-electron chi connectivity index (χ4n) is 2.71. The van der Waals surface area contributed by atoms with Crippen molar-refractivity contribution in [2.45, 2.75) is 31.7 Å². The Labute approximate surface area is 184 Å². The molecule has 0 aliphatic heterocycles. The van der Waals surface area contributed by atoms with Crippen LogP contribution in [-0.4, -0.2) is 41.7 Å². The second-order valence-electron chi connectivity index (χ2n) is 7.41. The largest absolute Gasteiger partial charge is 0.493 e. The number of amides is 1. The Balaban J connectivity index is 1.91. The van der Waals surface area contributed by atoms with Crippen molar-refractivity contribution in [1.29, 1.82) is 0 Å². The third-order valence-corrected chi connectivity index (χ3v) is 5.91. The molecule has 0 radical (unpaired) electrons. The minimum Gasteiger partial charge on any atom is -0.493 e. The average Bonchev–Trinajstić information content (AvgIpc) is 2.76. The van der Waals surface area contributed by atoms with Gasteiger partial charge in [0.2, 0.25) is 10.0 Å². The lowest BCUT2D eigenvalue weighted by Crippen LogP contribution is -2.31. The van der Waals surface area contributed by atoms with E-state index in [4.69, 9.17) is 14.2 Å². The van der Waals surface area contributed by atoms with Gasteiger partial charge in [-0.2, -0.15) is 0 Å². The van der Waals surface area contributed by atoms with Crippen LogP contribution in [0.4, 0.5) is 0 Å². The zero-order valence-electron chi connectivity index (χ0n) is 18.5. The summed E-state index contributed by atoms with van der Waals surface area (Å²) in [6, 6.07) is 11.1. The van der Waals surface area contributed by atoms with E-state index < -0.39 is 10.0 Å². The van der Waals surface area contributed by atoms with E-state index in [2.05, 4.69) is 10.0 Å². The molecule has 170 valence electrons. The van der Waals surface area contributed by atoms with Gasteiger partial charge in [-0.05, 0) is 54.8 Å². The average molecular weight is 451 g/mol. The molecule has 0 aromatic heterocycles. The minimum atomic E-state index is -3.56. The molecule has 2 rings (SSSR count). The van der Waals surface area contributed by atoms with E-state index in [1.54, 1.807) is 26.4 Å². The third kappa shape index (κ3) is 7.15. The maximum absolute atomic E-state index is 12.3. The van der Waals surface area contributed by atoms with Gasteiger partial charge in [0.15, 0.2) is 18.1 Å². The highest BCUT2D eigenvalue weighted by molar-refractivity contribution is 7.89. The van der Waals surface area contributed by atoms with E-state index in [0.29, 0.717) is 23.8 Å². The van der Waals surface area contributed by atoms with Crippen molar-refractivity contribution in [2.75, 3.05) is 27.4 Å². The molecule has 0 bridgehead atoms. The Morgan fingerprint density at radius 3 is 2.19 bits per heavy atom. The van der Waals surface area contributed by atoms with Crippen LogP contribution in [0.3, 0.4) is 0 Å². The molecule has 2 N–H and O–H groups in total. The van der Waals surface area contributed by atoms with E-state index in [0.717, 1.165) is 5.56 Å². The molecule has 31 heavy (non-hydrogen) atoms. The van der Waals surface area contributed by atoms with Gasteiger partial charge in [-0.25, -0.2) is 13.1 Å². The van der Waals surface area contributed by atoms with Crippen molar-refractivity contribution in [1.82, 2.24) is 10.0 Å². The fraction of sp³-hybridized carbons (Fsp3) is 0.409. The molecule has 0 heterocycles. The molecule has 0 spiro atoms. The third-order valence-electron chi connectivity index (χ3n) is 4.47. The topological polar surface area (TPSA) is 103 Å². The van der Waals surface area contributed by atoms with Crippen molar-refractivity contribution in [2.24, 2.45) is 5.92 Å². The second-order valence-corrected chi connectivity index (χ2v) is 9.18. The smallest absolute Gasteiger partial charge is 0.258 e. The maximum atomic E-state index is 12.3. The van der Waals surface area contributed by atoms with Gasteiger partial charge in [0.25, 0.3) is 5.91 Å². The van der Waals surface area contributed by atoms with Crippen LogP contribution in [0, 0.1) is 5.92 Å². The van der Waals surface area contributed by atoms with Crippen molar-refractivity contribution in [3.05, 3.63) is 48.0 Å². The van der Waals surface area contributed by atoms with Gasteiger partial charge in [0, 0.05) is 6.54 Å². The Morgan fingerprint density at radius 2 is 1.61 bits per heavy atom. The number of benzene rings is 2. The fourth-order valence-corrected chi connectivity index (χ4v) is 3.93. The Morgan fingerprint density at radius 1 is 0.968 bits per heavy atom. The lowest BCUT2D eigenvalue weighted by molar-refractivity contribution is -0.123. The summed E-state index contributed by atoms with van der Waals surface area (Å²) in [5.41, 5.74) is 0.856. The summed E-state index contributed by atoms with van der Waals surface area (Å²) in [5.74, 6) is 1.49. The summed E-state index contributed by atoms with van der Waals surface area (Å²) in [5, 5.41) is 2.85. The van der Waals surface area contributed by atoms with Gasteiger partial charge in [0.05, 0.1) is 25.2 Å². The van der Waals surface area contributed by atoms with Gasteiger partial charge in [-0.3, -0.25) is 4.79 Å². The van der Waals surface area contributed by atoms with Crippen LogP contribution in [-0.2, 0) is 14.8 Å². The lowest BCUT2D eigenvalue weighted by atomic mass is 10.1. The van der Waals surface area contributed by atoms with E-state index in [9.17, 15) is 13.2 Å². The van der Waals surface area contributed by atoms with Crippen LogP contribution in [0.15, 0.2) is 47.4 Å². The standard InChI is InChI=1S/C22H30N2O6S/c1-15(2)13-23-31(26,27)19-9-7-18(8-10-19)30-14-22(25)24-16(3)17-6-11-20(28-4)21(12-17)29-5/h6-12,15-16,23H,13-14H2,1-5H3,(H,24,25). The predicted molar refractivity (Wildman–Crippen MR) is 118 cm³/mol. The number of ether oxygens (including phenoxy) is 3. The van der Waals surface area contributed by atoms with Crippen LogP contribution in [0.1, 0.15) is 32.4 Å². The van der Waals surface area contributed by atoms with Gasteiger partial charge in [-0.15, -0.1) is 0 Å². The molecule has 0 aliphatic rings. The first-order valence-corrected chi connectivity index (χ1v) is 11.4. The summed E-state index contributed by atoms with van der Waals surface area (Å²) in [7, 11) is -0.454. The summed E-state index contributed by atoms with van der Waals surface area (Å²) in [4.78, 5) is 12.4. The number of carbonyl (C=O) groups excluding carboxylic acids is 1. The van der Waals surface area contributed by atoms with Crippen molar-refractivity contribution >= 4 is 15.9 Å². The highest BCUT2D eigenvalue weighted by atomic mass is 32.2. The normalized spacial score (nSPS) is 12.3. The lowest BCUT2D eigenvalue weighted by Gasteiger charge is -2.17. The van der Waals surface area contributed by atoms with E-state index in [1.165, 1.54) is 24.3 Å². The molecule has 0 fully saturated rings. The maximum Gasteiger partial charge on any atom is 0.258 e. The molecule has 1 atom stereocenters. The van der Waals surface area contributed by atoms with Crippen LogP contribution < -0.4 is 24.2 Å². The monoisotopic (exact) mass is 450 g/mol. The Hall–Kier alpha value is -2.78. The molecule has 2 aromatic rings. The van der Waals surface area contributed by atoms with Crippen molar-refractivity contribution in [3.8, 4) is 17.2 Å². The number of hydrogen-bond donors (Lipinski definition) is 2. The molecule has 1 unspecified atom stereocenters. The molecule has 9 heteroatoms. The molecule has 2 aromatic carbocycles. The number of sulfonamides is 1. The Kier molecular flexibility index (Phi) is 8.70. The summed E-state index contributed by atoms with van der Waals surface area (Å²) in [6.07, 6.45) is 0. The molecular weight excluding hydrogens is 420 g/mol. The quantitative estimate of drug-likeness (QED) is 0.546. The summed E-state index contributed by atoms with van der Waals surface area (Å²) >= 11 is 0. The van der Waals surface area contributed by atoms with Gasteiger partial charge in [-0.1, -0.05) is 19.9 Å². The zero-order valence-corrected chi connectivity index (χ0v) is 19.3. The predicted octanol–water partition coefficient (Wildman–Crippen LogP) is 2.89. The van der Waals surface area contributed by atoms with Gasteiger partial charge >= 0.3 is 0 Å². The first kappa shape index (κ1) is 24.5. The van der Waals surface area contributed by atoms with Crippen molar-refractivity contribution < 1.29 is 27.4 Å². The number of carbonyl (C=O) groups is 1. The van der Waals surface area contributed by atoms with Gasteiger partial charge < -0.3 is 19.5 Å². The van der Waals surface area contributed by atoms with Crippen LogP contribution in [0.2, 0.25) is 0 Å². The SMILES string of the molecule is COc1ccc(C(C)NC(=O)COc2ccc(S(=O)(=O)NCC(C)C)cc2)cc1OC. The molecule has 0 aliphatic carbocycles. The highest BCUT2D eigenvalue weighted by Gasteiger charge is 2.15. The van der Waals surface area contributed by atoms with Gasteiger partial charge in [0.1, 0.15) is 5.75 Å². The molecule has 8 nitrogen and oxygen atoms in total. The highest BCUT2D eigenvalue weighted by Crippen LogP contribution is 2.29. The zero-order chi connectivity index (χ0) is 23.0. The molecule has 1 amide bonds. The molecule has 0 saturated carbocycles. The van der Waals surface area contributed by atoms with E-state index in [1.807, 2.05) is 26.8 Å². The molecular formula is C22H30N2O6S. The number of hydrogen-bond acceptors (Lipinski definition) is 6. The van der Waals surface area contributed by atoms with Crippen LogP contribution in [0.5, 0.6) is 17.2 Å². The first-order chi connectivity index (χ1) is 14.7. The number of nitrogens with one attached hydrogen (secondary N) is 2. The summed E-state index contributed by atoms with van der Waals surface area (Å²) < 4.78 is 43.0. The first-order valence-electron chi connectivity index (χ1n) is 9.90.